The Morgan fingerprint density at radius 3 is 2.70 bits per heavy atom. The number of benzene rings is 1. The average Bonchev–Trinajstić information content (AvgIpc) is 2.92. The van der Waals surface area contributed by atoms with Crippen molar-refractivity contribution in [1.29, 1.82) is 0 Å². The first-order chi connectivity index (χ1) is 14.5. The molecule has 0 fully saturated rings. The summed E-state index contributed by atoms with van der Waals surface area (Å²) in [6, 6.07) is 9.19. The van der Waals surface area contributed by atoms with Gasteiger partial charge in [0.1, 0.15) is 12.2 Å². The second kappa shape index (κ2) is 8.18. The van der Waals surface area contributed by atoms with Crippen molar-refractivity contribution in [3.63, 3.8) is 0 Å². The molecule has 1 aromatic heterocycles. The summed E-state index contributed by atoms with van der Waals surface area (Å²) in [5.41, 5.74) is 0.305. The van der Waals surface area contributed by atoms with Crippen molar-refractivity contribution in [2.45, 2.75) is 39.0 Å². The minimum atomic E-state index is -0.713. The Balaban J connectivity index is 1.85. The van der Waals surface area contributed by atoms with Gasteiger partial charge in [0.2, 0.25) is 5.43 Å². The third kappa shape index (κ3) is 3.51. The van der Waals surface area contributed by atoms with Crippen LogP contribution in [0.25, 0.3) is 0 Å². The highest BCUT2D eigenvalue weighted by atomic mass is 16.5. The largest absolute Gasteiger partial charge is 0.483 e. The Morgan fingerprint density at radius 1 is 1.20 bits per heavy atom. The van der Waals surface area contributed by atoms with Gasteiger partial charge in [-0.15, -0.1) is 0 Å². The van der Waals surface area contributed by atoms with Gasteiger partial charge in [-0.1, -0.05) is 42.5 Å². The van der Waals surface area contributed by atoms with E-state index in [1.54, 1.807) is 16.4 Å². The van der Waals surface area contributed by atoms with Crippen molar-refractivity contribution in [2.75, 3.05) is 13.2 Å². The third-order valence-electron chi connectivity index (χ3n) is 5.49. The van der Waals surface area contributed by atoms with E-state index in [4.69, 9.17) is 9.47 Å². The van der Waals surface area contributed by atoms with Crippen molar-refractivity contribution < 1.29 is 19.1 Å². The van der Waals surface area contributed by atoms with Gasteiger partial charge in [-0.2, -0.15) is 0 Å². The lowest BCUT2D eigenvalue weighted by molar-refractivity contribution is 0.0515. The van der Waals surface area contributed by atoms with Gasteiger partial charge in [-0.25, -0.2) is 4.79 Å². The molecule has 2 aliphatic rings. The van der Waals surface area contributed by atoms with E-state index in [2.05, 4.69) is 0 Å². The van der Waals surface area contributed by atoms with E-state index in [1.165, 1.54) is 6.20 Å². The smallest absolute Gasteiger partial charge is 0.343 e. The topological polar surface area (TPSA) is 77.8 Å². The van der Waals surface area contributed by atoms with Gasteiger partial charge in [-0.3, -0.25) is 9.59 Å². The number of amides is 1. The summed E-state index contributed by atoms with van der Waals surface area (Å²) in [5, 5.41) is 0. The number of pyridine rings is 1. The Hall–Kier alpha value is -3.35. The fraction of sp³-hybridized carbons (Fsp3) is 0.348. The van der Waals surface area contributed by atoms with Gasteiger partial charge in [-0.05, 0) is 25.8 Å². The zero-order chi connectivity index (χ0) is 21.3. The maximum Gasteiger partial charge on any atom is 0.343 e. The molecule has 0 aliphatic carbocycles. The van der Waals surface area contributed by atoms with E-state index in [0.29, 0.717) is 13.0 Å². The van der Waals surface area contributed by atoms with E-state index in [-0.39, 0.29) is 48.2 Å². The molecule has 156 valence electrons. The molecule has 2 bridgehead atoms. The third-order valence-corrected chi connectivity index (χ3v) is 5.49. The summed E-state index contributed by atoms with van der Waals surface area (Å²) in [6.07, 6.45) is 6.16. The van der Waals surface area contributed by atoms with Crippen molar-refractivity contribution in [3.05, 3.63) is 75.7 Å². The van der Waals surface area contributed by atoms with E-state index in [0.717, 1.165) is 5.56 Å². The van der Waals surface area contributed by atoms with Crippen LogP contribution in [0.15, 0.2) is 53.5 Å². The first kappa shape index (κ1) is 19.9. The molecule has 1 amide bonds. The number of fused-ring (bicyclic) bond motifs is 4. The Kier molecular flexibility index (Phi) is 5.44. The van der Waals surface area contributed by atoms with Crippen LogP contribution in [0.4, 0.5) is 0 Å². The zero-order valence-corrected chi connectivity index (χ0v) is 17.0. The SMILES string of the molecule is CCOC(=O)c1cn2c(c(OCc3ccccc3)c1=O)C(=O)N1C[C@@H]2CC=C[C@@H]1C. The van der Waals surface area contributed by atoms with E-state index in [9.17, 15) is 14.4 Å². The zero-order valence-electron chi connectivity index (χ0n) is 17.0. The van der Waals surface area contributed by atoms with Crippen LogP contribution >= 0.6 is 0 Å². The molecule has 7 nitrogen and oxygen atoms in total. The molecule has 0 unspecified atom stereocenters. The predicted octanol–water partition coefficient (Wildman–Crippen LogP) is 2.95. The average molecular weight is 408 g/mol. The van der Waals surface area contributed by atoms with Crippen LogP contribution in [-0.2, 0) is 11.3 Å². The summed E-state index contributed by atoms with van der Waals surface area (Å²) >= 11 is 0. The minimum Gasteiger partial charge on any atom is -0.483 e. The van der Waals surface area contributed by atoms with Crippen LogP contribution in [-0.4, -0.2) is 40.5 Å². The number of allylic oxidation sites excluding steroid dienone is 1. The molecule has 0 saturated heterocycles. The highest BCUT2D eigenvalue weighted by Gasteiger charge is 2.38. The standard InChI is InChI=1S/C23H24N2O5/c1-3-29-23(28)18-13-25-17-11-7-8-15(2)24(12-17)22(27)19(25)21(20(18)26)30-14-16-9-5-4-6-10-16/h4-10,13,15,17H,3,11-12,14H2,1-2H3/t15-,17-/m0/s1. The molecular formula is C23H24N2O5. The maximum atomic E-state index is 13.3. The summed E-state index contributed by atoms with van der Waals surface area (Å²) in [7, 11) is 0. The predicted molar refractivity (Wildman–Crippen MR) is 111 cm³/mol. The normalized spacial score (nSPS) is 19.8. The van der Waals surface area contributed by atoms with E-state index >= 15 is 0 Å². The molecule has 0 saturated carbocycles. The molecule has 2 atom stereocenters. The van der Waals surface area contributed by atoms with Crippen LogP contribution in [0.5, 0.6) is 5.75 Å². The molecule has 30 heavy (non-hydrogen) atoms. The lowest BCUT2D eigenvalue weighted by Gasteiger charge is -2.37. The van der Waals surface area contributed by atoms with Gasteiger partial charge in [0.25, 0.3) is 5.91 Å². The lowest BCUT2D eigenvalue weighted by Crippen LogP contribution is -2.47. The molecular weight excluding hydrogens is 384 g/mol. The molecule has 2 aliphatic heterocycles. The van der Waals surface area contributed by atoms with Crippen molar-refractivity contribution in [3.8, 4) is 5.75 Å². The van der Waals surface area contributed by atoms with Crippen LogP contribution in [0, 0.1) is 0 Å². The molecule has 2 aromatic rings. The molecule has 0 radical (unpaired) electrons. The highest BCUT2D eigenvalue weighted by molar-refractivity contribution is 5.98. The van der Waals surface area contributed by atoms with E-state index in [1.807, 2.05) is 49.4 Å². The second-order valence-corrected chi connectivity index (χ2v) is 7.47. The van der Waals surface area contributed by atoms with Crippen LogP contribution in [0.2, 0.25) is 0 Å². The van der Waals surface area contributed by atoms with Crippen molar-refractivity contribution >= 4 is 11.9 Å². The fourth-order valence-electron chi connectivity index (χ4n) is 3.93. The Morgan fingerprint density at radius 2 is 1.97 bits per heavy atom. The van der Waals surface area contributed by atoms with Gasteiger partial charge < -0.3 is 18.9 Å². The van der Waals surface area contributed by atoms with Crippen LogP contribution < -0.4 is 10.2 Å². The number of ether oxygens (including phenoxy) is 2. The van der Waals surface area contributed by atoms with Crippen molar-refractivity contribution in [1.82, 2.24) is 9.47 Å². The number of rotatable bonds is 5. The first-order valence-corrected chi connectivity index (χ1v) is 10.1. The van der Waals surface area contributed by atoms with Crippen LogP contribution in [0.1, 0.15) is 52.7 Å². The number of hydrogen-bond donors (Lipinski definition) is 0. The maximum absolute atomic E-state index is 13.3. The summed E-state index contributed by atoms with van der Waals surface area (Å²) in [5.74, 6) is -1.09. The van der Waals surface area contributed by atoms with E-state index < -0.39 is 11.4 Å². The number of carbonyl (C=O) groups excluding carboxylic acids is 2. The van der Waals surface area contributed by atoms with Gasteiger partial charge in [0.15, 0.2) is 11.4 Å². The molecule has 7 heteroatoms. The molecule has 0 spiro atoms. The van der Waals surface area contributed by atoms with Gasteiger partial charge in [0.05, 0.1) is 12.6 Å². The number of aromatic nitrogens is 1. The van der Waals surface area contributed by atoms with Gasteiger partial charge >= 0.3 is 5.97 Å². The van der Waals surface area contributed by atoms with Crippen LogP contribution in [0.3, 0.4) is 0 Å². The molecule has 1 aromatic carbocycles. The molecule has 0 N–H and O–H groups in total. The summed E-state index contributed by atoms with van der Waals surface area (Å²) in [6.45, 7) is 4.39. The fourth-order valence-corrected chi connectivity index (χ4v) is 3.93. The number of esters is 1. The first-order valence-electron chi connectivity index (χ1n) is 10.1. The number of nitrogens with zero attached hydrogens (tertiary/aromatic N) is 2. The number of hydrogen-bond acceptors (Lipinski definition) is 5. The lowest BCUT2D eigenvalue weighted by atomic mass is 10.1. The summed E-state index contributed by atoms with van der Waals surface area (Å²) in [4.78, 5) is 40.7. The second-order valence-electron chi connectivity index (χ2n) is 7.47. The minimum absolute atomic E-state index is 0.0851. The number of carbonyl (C=O) groups is 2. The summed E-state index contributed by atoms with van der Waals surface area (Å²) < 4.78 is 12.7. The monoisotopic (exact) mass is 408 g/mol. The Labute approximate surface area is 174 Å². The van der Waals surface area contributed by atoms with Crippen molar-refractivity contribution in [2.24, 2.45) is 0 Å². The Bertz CT molecular complexity index is 1060. The molecule has 3 heterocycles. The molecule has 4 rings (SSSR count). The quantitative estimate of drug-likeness (QED) is 0.562. The van der Waals surface area contributed by atoms with Gasteiger partial charge in [0, 0.05) is 18.8 Å². The highest BCUT2D eigenvalue weighted by Crippen LogP contribution is 2.32.